The van der Waals surface area contributed by atoms with Gasteiger partial charge in [-0.3, -0.25) is 0 Å². The third kappa shape index (κ3) is 4.44. The number of halogens is 2. The zero-order chi connectivity index (χ0) is 19.1. The summed E-state index contributed by atoms with van der Waals surface area (Å²) in [6.45, 7) is 5.85. The quantitative estimate of drug-likeness (QED) is 0.755. The van der Waals surface area contributed by atoms with E-state index in [-0.39, 0.29) is 12.3 Å². The van der Waals surface area contributed by atoms with Gasteiger partial charge in [-0.1, -0.05) is 0 Å². The van der Waals surface area contributed by atoms with Crippen LogP contribution in [0.25, 0.3) is 10.2 Å². The molecule has 3 rings (SSSR count). The number of rotatable bonds is 2. The van der Waals surface area contributed by atoms with E-state index in [4.69, 9.17) is 9.47 Å². The summed E-state index contributed by atoms with van der Waals surface area (Å²) in [6.07, 6.45) is -1.67. The lowest BCUT2D eigenvalue weighted by molar-refractivity contribution is -0.0374. The van der Waals surface area contributed by atoms with Gasteiger partial charge in [0.05, 0.1) is 22.9 Å². The number of carbonyl (C=O) groups is 1. The van der Waals surface area contributed by atoms with E-state index >= 15 is 0 Å². The summed E-state index contributed by atoms with van der Waals surface area (Å²) in [5.74, 6) is -0.527. The molecule has 1 fully saturated rings. The number of piperidine rings is 1. The SMILES string of the molecule is CC(C)(C)OC(=O)N1CCC(O)C(Oc2cc3sc(Br)nc3cc2F)C1. The molecule has 2 atom stereocenters. The first-order valence-electron chi connectivity index (χ1n) is 8.20. The highest BCUT2D eigenvalue weighted by molar-refractivity contribution is 9.11. The summed E-state index contributed by atoms with van der Waals surface area (Å²) in [6, 6.07) is 2.86. The molecule has 0 radical (unpaired) electrons. The number of aliphatic hydroxyl groups excluding tert-OH is 1. The Bertz CT molecular complexity index is 823. The van der Waals surface area contributed by atoms with Crippen molar-refractivity contribution < 1.29 is 23.8 Å². The Hall–Kier alpha value is -1.45. The predicted octanol–water partition coefficient (Wildman–Crippen LogP) is 3.95. The Labute approximate surface area is 163 Å². The van der Waals surface area contributed by atoms with Gasteiger partial charge >= 0.3 is 6.09 Å². The molecule has 2 heterocycles. The molecule has 1 aliphatic heterocycles. The van der Waals surface area contributed by atoms with Crippen molar-refractivity contribution in [2.75, 3.05) is 13.1 Å². The molecule has 142 valence electrons. The number of carbonyl (C=O) groups excluding carboxylic acids is 1. The van der Waals surface area contributed by atoms with Crippen LogP contribution in [0.3, 0.4) is 0 Å². The lowest BCUT2D eigenvalue weighted by atomic mass is 10.1. The van der Waals surface area contributed by atoms with Gasteiger partial charge in [0.2, 0.25) is 0 Å². The summed E-state index contributed by atoms with van der Waals surface area (Å²) >= 11 is 4.64. The van der Waals surface area contributed by atoms with Crippen molar-refractivity contribution in [1.82, 2.24) is 9.88 Å². The third-order valence-corrected chi connectivity index (χ3v) is 5.34. The smallest absolute Gasteiger partial charge is 0.410 e. The van der Waals surface area contributed by atoms with Crippen LogP contribution in [0.5, 0.6) is 5.75 Å². The molecule has 6 nitrogen and oxygen atoms in total. The van der Waals surface area contributed by atoms with Gasteiger partial charge in [-0.05, 0) is 43.1 Å². The Kier molecular flexibility index (Phi) is 5.41. The van der Waals surface area contributed by atoms with Crippen molar-refractivity contribution in [3.05, 3.63) is 21.9 Å². The van der Waals surface area contributed by atoms with E-state index < -0.39 is 29.7 Å². The van der Waals surface area contributed by atoms with Crippen LogP contribution in [0.4, 0.5) is 9.18 Å². The fraction of sp³-hybridized carbons (Fsp3) is 0.529. The second kappa shape index (κ2) is 7.28. The van der Waals surface area contributed by atoms with Gasteiger partial charge in [0.25, 0.3) is 0 Å². The Balaban J connectivity index is 1.75. The number of amides is 1. The van der Waals surface area contributed by atoms with Crippen LogP contribution in [0.2, 0.25) is 0 Å². The highest BCUT2D eigenvalue weighted by Gasteiger charge is 2.34. The van der Waals surface area contributed by atoms with Crippen molar-refractivity contribution in [3.63, 3.8) is 0 Å². The third-order valence-electron chi connectivity index (χ3n) is 3.87. The van der Waals surface area contributed by atoms with Crippen LogP contribution in [0.1, 0.15) is 27.2 Å². The lowest BCUT2D eigenvalue weighted by Gasteiger charge is -2.36. The van der Waals surface area contributed by atoms with Crippen LogP contribution in [0.15, 0.2) is 16.0 Å². The van der Waals surface area contributed by atoms with E-state index in [9.17, 15) is 14.3 Å². The van der Waals surface area contributed by atoms with E-state index in [2.05, 4.69) is 20.9 Å². The molecule has 1 N–H and O–H groups in total. The summed E-state index contributed by atoms with van der Waals surface area (Å²) in [5, 5.41) is 10.2. The second-order valence-electron chi connectivity index (χ2n) is 7.16. The molecule has 2 unspecified atom stereocenters. The summed E-state index contributed by atoms with van der Waals surface area (Å²) in [7, 11) is 0. The molecular formula is C17H20BrFN2O4S. The highest BCUT2D eigenvalue weighted by Crippen LogP contribution is 2.32. The van der Waals surface area contributed by atoms with Gasteiger partial charge < -0.3 is 19.5 Å². The van der Waals surface area contributed by atoms with Crippen LogP contribution in [0, 0.1) is 5.82 Å². The maximum atomic E-state index is 14.3. The number of ether oxygens (including phenoxy) is 2. The number of hydrogen-bond donors (Lipinski definition) is 1. The lowest BCUT2D eigenvalue weighted by Crippen LogP contribution is -2.52. The first kappa shape index (κ1) is 19.3. The minimum Gasteiger partial charge on any atom is -0.483 e. The predicted molar refractivity (Wildman–Crippen MR) is 100 cm³/mol. The molecule has 1 amide bonds. The van der Waals surface area contributed by atoms with E-state index in [1.807, 2.05) is 0 Å². The average Bonchev–Trinajstić information content (AvgIpc) is 2.87. The van der Waals surface area contributed by atoms with Crippen molar-refractivity contribution in [2.24, 2.45) is 0 Å². The molecule has 0 spiro atoms. The van der Waals surface area contributed by atoms with Gasteiger partial charge in [-0.25, -0.2) is 14.2 Å². The molecule has 2 aromatic rings. The number of benzene rings is 1. The zero-order valence-electron chi connectivity index (χ0n) is 14.7. The topological polar surface area (TPSA) is 71.9 Å². The van der Waals surface area contributed by atoms with E-state index in [1.54, 1.807) is 26.8 Å². The standard InChI is InChI=1S/C17H20BrFN2O4S/c1-17(2,3)25-16(23)21-5-4-11(22)13(8-21)24-12-7-14-10(6-9(12)19)20-15(18)26-14/h6-7,11,13,22H,4-5,8H2,1-3H3. The van der Waals surface area contributed by atoms with E-state index in [0.717, 1.165) is 4.70 Å². The summed E-state index contributed by atoms with van der Waals surface area (Å²) < 4.78 is 26.8. The molecule has 26 heavy (non-hydrogen) atoms. The normalized spacial score (nSPS) is 21.1. The summed E-state index contributed by atoms with van der Waals surface area (Å²) in [5.41, 5.74) is -0.0773. The van der Waals surface area contributed by atoms with Crippen LogP contribution in [-0.2, 0) is 4.74 Å². The number of aromatic nitrogens is 1. The molecular weight excluding hydrogens is 427 g/mol. The number of aliphatic hydroxyl groups is 1. The largest absolute Gasteiger partial charge is 0.483 e. The van der Waals surface area contributed by atoms with Gasteiger partial charge in [-0.2, -0.15) is 0 Å². The van der Waals surface area contributed by atoms with E-state index in [1.165, 1.54) is 22.3 Å². The summed E-state index contributed by atoms with van der Waals surface area (Å²) in [4.78, 5) is 17.9. The fourth-order valence-electron chi connectivity index (χ4n) is 2.67. The van der Waals surface area contributed by atoms with Crippen LogP contribution >= 0.6 is 27.3 Å². The van der Waals surface area contributed by atoms with Gasteiger partial charge in [0.1, 0.15) is 11.7 Å². The Morgan fingerprint density at radius 2 is 2.19 bits per heavy atom. The molecule has 1 aromatic carbocycles. The van der Waals surface area contributed by atoms with Crippen molar-refractivity contribution >= 4 is 43.6 Å². The van der Waals surface area contributed by atoms with Crippen molar-refractivity contribution in [2.45, 2.75) is 45.0 Å². The Morgan fingerprint density at radius 1 is 1.46 bits per heavy atom. The number of likely N-dealkylation sites (tertiary alicyclic amines) is 1. The molecule has 9 heteroatoms. The maximum Gasteiger partial charge on any atom is 0.410 e. The highest BCUT2D eigenvalue weighted by atomic mass is 79.9. The number of nitrogens with zero attached hydrogens (tertiary/aromatic N) is 2. The van der Waals surface area contributed by atoms with Gasteiger partial charge in [0.15, 0.2) is 15.5 Å². The zero-order valence-corrected chi connectivity index (χ0v) is 17.1. The minimum atomic E-state index is -0.794. The maximum absolute atomic E-state index is 14.3. The van der Waals surface area contributed by atoms with Gasteiger partial charge in [0, 0.05) is 18.7 Å². The molecule has 1 saturated heterocycles. The van der Waals surface area contributed by atoms with Crippen molar-refractivity contribution in [1.29, 1.82) is 0 Å². The first-order valence-corrected chi connectivity index (χ1v) is 9.81. The molecule has 0 bridgehead atoms. The van der Waals surface area contributed by atoms with Gasteiger partial charge in [-0.15, -0.1) is 11.3 Å². The monoisotopic (exact) mass is 446 g/mol. The number of thiazole rings is 1. The molecule has 0 aliphatic carbocycles. The Morgan fingerprint density at radius 3 is 2.88 bits per heavy atom. The number of fused-ring (bicyclic) bond motifs is 1. The minimum absolute atomic E-state index is 0.0312. The first-order chi connectivity index (χ1) is 12.1. The second-order valence-corrected chi connectivity index (χ2v) is 9.46. The molecule has 0 saturated carbocycles. The van der Waals surface area contributed by atoms with E-state index in [0.29, 0.717) is 22.4 Å². The molecule has 1 aliphatic rings. The number of hydrogen-bond acceptors (Lipinski definition) is 6. The average molecular weight is 447 g/mol. The van der Waals surface area contributed by atoms with Crippen molar-refractivity contribution in [3.8, 4) is 5.75 Å². The van der Waals surface area contributed by atoms with Crippen LogP contribution in [-0.4, -0.2) is 52.0 Å². The molecule has 1 aromatic heterocycles. The fourth-order valence-corrected chi connectivity index (χ4v) is 4.08. The van der Waals surface area contributed by atoms with Crippen LogP contribution < -0.4 is 4.74 Å².